The molecule has 0 spiro atoms. The molecule has 2 heterocycles. The molecule has 2 atom stereocenters. The molecule has 0 saturated carbocycles. The van der Waals surface area contributed by atoms with Crippen molar-refractivity contribution in [2.45, 2.75) is 24.8 Å². The molecule has 1 aromatic rings. The van der Waals surface area contributed by atoms with E-state index in [-0.39, 0.29) is 38.3 Å². The van der Waals surface area contributed by atoms with E-state index >= 15 is 0 Å². The van der Waals surface area contributed by atoms with E-state index in [1.54, 1.807) is 12.2 Å². The van der Waals surface area contributed by atoms with E-state index in [1.165, 1.54) is 30.5 Å². The van der Waals surface area contributed by atoms with Crippen LogP contribution >= 0.6 is 0 Å². The van der Waals surface area contributed by atoms with Crippen molar-refractivity contribution in [3.63, 3.8) is 0 Å². The Morgan fingerprint density at radius 2 is 2.04 bits per heavy atom. The summed E-state index contributed by atoms with van der Waals surface area (Å²) in [6.45, 7) is 0.408. The van der Waals surface area contributed by atoms with Gasteiger partial charge in [0.25, 0.3) is 5.92 Å². The first-order valence-electron chi connectivity index (χ1n) is 8.75. The largest absolute Gasteiger partial charge is 0.353 e. The summed E-state index contributed by atoms with van der Waals surface area (Å²) in [5.74, 6) is -5.00. The van der Waals surface area contributed by atoms with Crippen LogP contribution in [0.3, 0.4) is 0 Å². The number of carbonyl (C=O) groups is 2. The predicted octanol–water partition coefficient (Wildman–Crippen LogP) is 2.42. The summed E-state index contributed by atoms with van der Waals surface area (Å²) in [5, 5.41) is 2.72. The summed E-state index contributed by atoms with van der Waals surface area (Å²) < 4.78 is 40.1. The fourth-order valence-corrected chi connectivity index (χ4v) is 3.25. The van der Waals surface area contributed by atoms with Gasteiger partial charge in [0.05, 0.1) is 6.04 Å². The molecule has 1 aliphatic heterocycles. The topological polar surface area (TPSA) is 62.3 Å². The van der Waals surface area contributed by atoms with E-state index in [0.29, 0.717) is 5.56 Å². The molecule has 27 heavy (non-hydrogen) atoms. The number of hydrogen-bond donors (Lipinski definition) is 1. The van der Waals surface area contributed by atoms with Crippen LogP contribution in [-0.2, 0) is 9.59 Å². The molecular weight excluding hydrogens is 359 g/mol. The third-order valence-electron chi connectivity index (χ3n) is 4.84. The molecule has 2 unspecified atom stereocenters. The Labute approximate surface area is 154 Å². The number of halogens is 3. The smallest absolute Gasteiger partial charge is 0.250 e. The highest BCUT2D eigenvalue weighted by atomic mass is 19.3. The van der Waals surface area contributed by atoms with E-state index in [1.807, 2.05) is 4.90 Å². The molecular formula is C19H20F3N3O2. The van der Waals surface area contributed by atoms with Crippen LogP contribution in [0.25, 0.3) is 0 Å². The lowest BCUT2D eigenvalue weighted by Gasteiger charge is -2.37. The van der Waals surface area contributed by atoms with Gasteiger partial charge in [0, 0.05) is 38.7 Å². The second kappa shape index (κ2) is 8.04. The molecule has 5 nitrogen and oxygen atoms in total. The normalized spacial score (nSPS) is 23.2. The van der Waals surface area contributed by atoms with Crippen molar-refractivity contribution < 1.29 is 22.8 Å². The van der Waals surface area contributed by atoms with E-state index in [2.05, 4.69) is 10.3 Å². The van der Waals surface area contributed by atoms with Crippen LogP contribution < -0.4 is 5.32 Å². The first kappa shape index (κ1) is 19.3. The Hall–Kier alpha value is -2.48. The van der Waals surface area contributed by atoms with Crippen molar-refractivity contribution in [1.29, 1.82) is 0 Å². The highest BCUT2D eigenvalue weighted by molar-refractivity contribution is 6.09. The number of allylic oxidation sites excluding steroid dienone is 3. The molecule has 0 radical (unpaired) electrons. The maximum atomic E-state index is 13.5. The fourth-order valence-electron chi connectivity index (χ4n) is 3.25. The molecule has 1 aromatic heterocycles. The maximum absolute atomic E-state index is 13.5. The summed E-state index contributed by atoms with van der Waals surface area (Å²) in [5.41, 5.74) is 0.618. The number of aromatic nitrogens is 1. The average molecular weight is 379 g/mol. The average Bonchev–Trinajstić information content (AvgIpc) is 2.64. The molecule has 144 valence electrons. The van der Waals surface area contributed by atoms with Crippen LogP contribution in [0.15, 0.2) is 42.6 Å². The Bertz CT molecular complexity index is 752. The number of piperidine rings is 1. The summed E-state index contributed by atoms with van der Waals surface area (Å²) in [6.07, 6.45) is 6.81. The van der Waals surface area contributed by atoms with Gasteiger partial charge in [0.1, 0.15) is 5.92 Å². The molecule has 1 fully saturated rings. The van der Waals surface area contributed by atoms with Gasteiger partial charge in [-0.25, -0.2) is 13.8 Å². The standard InChI is InChI=1S/C19H20F3N3O2/c20-17-6-5-13(11-23-17)15(25-9-7-19(21,22)8-10-25)12-24-18(27)14-3-1-2-4-16(14)26/h1-6,11,14-15H,7-10,12H2,(H,24,27). The number of hydrogen-bond acceptors (Lipinski definition) is 4. The van der Waals surface area contributed by atoms with E-state index < -0.39 is 29.7 Å². The van der Waals surface area contributed by atoms with Gasteiger partial charge in [-0.1, -0.05) is 24.3 Å². The van der Waals surface area contributed by atoms with Crippen LogP contribution in [-0.4, -0.2) is 47.1 Å². The maximum Gasteiger partial charge on any atom is 0.250 e. The van der Waals surface area contributed by atoms with Crippen LogP contribution in [0.1, 0.15) is 24.4 Å². The first-order chi connectivity index (χ1) is 12.9. The van der Waals surface area contributed by atoms with Gasteiger partial charge in [-0.3, -0.25) is 14.5 Å². The van der Waals surface area contributed by atoms with E-state index in [9.17, 15) is 22.8 Å². The summed E-state index contributed by atoms with van der Waals surface area (Å²) in [6, 6.07) is 2.29. The minimum atomic E-state index is -2.70. The SMILES string of the molecule is O=C1C=CC=CC1C(=O)NCC(c1ccc(F)nc1)N1CCC(F)(F)CC1. The van der Waals surface area contributed by atoms with Gasteiger partial charge >= 0.3 is 0 Å². The summed E-state index contributed by atoms with van der Waals surface area (Å²) in [7, 11) is 0. The van der Waals surface area contributed by atoms with Crippen molar-refractivity contribution >= 4 is 11.7 Å². The fraction of sp³-hybridized carbons (Fsp3) is 0.421. The van der Waals surface area contributed by atoms with Crippen molar-refractivity contribution in [3.8, 4) is 0 Å². The highest BCUT2D eigenvalue weighted by Gasteiger charge is 2.37. The van der Waals surface area contributed by atoms with Gasteiger partial charge in [-0.05, 0) is 17.7 Å². The Morgan fingerprint density at radius 3 is 2.67 bits per heavy atom. The molecule has 3 rings (SSSR count). The molecule has 0 bridgehead atoms. The van der Waals surface area contributed by atoms with Gasteiger partial charge in [-0.15, -0.1) is 0 Å². The zero-order valence-electron chi connectivity index (χ0n) is 14.6. The number of rotatable bonds is 5. The Kier molecular flexibility index (Phi) is 5.74. The molecule has 0 aromatic carbocycles. The number of pyridine rings is 1. The predicted molar refractivity (Wildman–Crippen MR) is 92.5 cm³/mol. The quantitative estimate of drug-likeness (QED) is 0.631. The lowest BCUT2D eigenvalue weighted by atomic mass is 9.97. The van der Waals surface area contributed by atoms with Crippen LogP contribution in [0.5, 0.6) is 0 Å². The molecule has 1 amide bonds. The van der Waals surface area contributed by atoms with Crippen LogP contribution in [0, 0.1) is 11.9 Å². The van der Waals surface area contributed by atoms with Crippen molar-refractivity contribution in [2.75, 3.05) is 19.6 Å². The molecule has 2 aliphatic rings. The summed E-state index contributed by atoms with van der Waals surface area (Å²) >= 11 is 0. The minimum Gasteiger partial charge on any atom is -0.353 e. The number of nitrogens with zero attached hydrogens (tertiary/aromatic N) is 2. The second-order valence-electron chi connectivity index (χ2n) is 6.69. The lowest BCUT2D eigenvalue weighted by molar-refractivity contribution is -0.130. The van der Waals surface area contributed by atoms with Crippen LogP contribution in [0.4, 0.5) is 13.2 Å². The number of alkyl halides is 2. The third-order valence-corrected chi connectivity index (χ3v) is 4.84. The zero-order chi connectivity index (χ0) is 19.4. The first-order valence-corrected chi connectivity index (χ1v) is 8.75. The minimum absolute atomic E-state index is 0.110. The van der Waals surface area contributed by atoms with Crippen molar-refractivity contribution in [2.24, 2.45) is 5.92 Å². The van der Waals surface area contributed by atoms with Gasteiger partial charge < -0.3 is 5.32 Å². The highest BCUT2D eigenvalue weighted by Crippen LogP contribution is 2.32. The lowest BCUT2D eigenvalue weighted by Crippen LogP contribution is -2.46. The molecule has 1 saturated heterocycles. The van der Waals surface area contributed by atoms with Crippen LogP contribution in [0.2, 0.25) is 0 Å². The molecule has 1 aliphatic carbocycles. The monoisotopic (exact) mass is 379 g/mol. The summed E-state index contributed by atoms with van der Waals surface area (Å²) in [4.78, 5) is 29.6. The third kappa shape index (κ3) is 4.82. The van der Waals surface area contributed by atoms with Gasteiger partial charge in [-0.2, -0.15) is 4.39 Å². The van der Waals surface area contributed by atoms with Crippen molar-refractivity contribution in [1.82, 2.24) is 15.2 Å². The number of likely N-dealkylation sites (tertiary alicyclic amines) is 1. The molecule has 1 N–H and O–H groups in total. The number of ketones is 1. The van der Waals surface area contributed by atoms with Gasteiger partial charge in [0.15, 0.2) is 5.78 Å². The van der Waals surface area contributed by atoms with E-state index in [4.69, 9.17) is 0 Å². The van der Waals surface area contributed by atoms with Gasteiger partial charge in [0.2, 0.25) is 11.9 Å². The zero-order valence-corrected chi connectivity index (χ0v) is 14.6. The molecule has 8 heteroatoms. The number of nitrogens with one attached hydrogen (secondary N) is 1. The number of amides is 1. The Morgan fingerprint density at radius 1 is 1.30 bits per heavy atom. The van der Waals surface area contributed by atoms with E-state index in [0.717, 1.165) is 0 Å². The van der Waals surface area contributed by atoms with Crippen molar-refractivity contribution in [3.05, 3.63) is 54.1 Å². The second-order valence-corrected chi connectivity index (χ2v) is 6.69. The Balaban J connectivity index is 1.71. The number of carbonyl (C=O) groups excluding carboxylic acids is 2.